The van der Waals surface area contributed by atoms with Gasteiger partial charge in [0.05, 0.1) is 0 Å². The number of carboxylic acids is 1. The van der Waals surface area contributed by atoms with E-state index in [1.54, 1.807) is 12.1 Å². The highest BCUT2D eigenvalue weighted by Gasteiger charge is 2.29. The number of benzene rings is 1. The second-order valence-electron chi connectivity index (χ2n) is 5.21. The van der Waals surface area contributed by atoms with E-state index in [-0.39, 0.29) is 5.82 Å². The Labute approximate surface area is 149 Å². The molecule has 1 atom stereocenters. The Morgan fingerprint density at radius 3 is 2.75 bits per heavy atom. The predicted molar refractivity (Wildman–Crippen MR) is 93.3 cm³/mol. The van der Waals surface area contributed by atoms with Crippen LogP contribution in [0.15, 0.2) is 34.6 Å². The molecule has 0 saturated carbocycles. The van der Waals surface area contributed by atoms with E-state index < -0.39 is 24.5 Å². The molecular formula is C16H12BrFN2O3S. The second kappa shape index (κ2) is 6.82. The number of aliphatic imine (C=N–C) groups is 1. The van der Waals surface area contributed by atoms with Crippen LogP contribution in [-0.2, 0) is 16.0 Å². The Bertz CT molecular complexity index is 832. The van der Waals surface area contributed by atoms with Gasteiger partial charge in [-0.3, -0.25) is 14.6 Å². The van der Waals surface area contributed by atoms with Gasteiger partial charge in [0.25, 0.3) is 0 Å². The van der Waals surface area contributed by atoms with Crippen molar-refractivity contribution in [2.24, 2.45) is 4.99 Å². The average molecular weight is 411 g/mol. The number of fused-ring (bicyclic) bond motifs is 1. The molecule has 1 aromatic heterocycles. The monoisotopic (exact) mass is 410 g/mol. The molecule has 0 aliphatic carbocycles. The van der Waals surface area contributed by atoms with Gasteiger partial charge in [-0.25, -0.2) is 4.39 Å². The van der Waals surface area contributed by atoms with Gasteiger partial charge < -0.3 is 10.4 Å². The van der Waals surface area contributed by atoms with Crippen molar-refractivity contribution in [1.82, 2.24) is 5.32 Å². The van der Waals surface area contributed by atoms with E-state index in [4.69, 9.17) is 5.11 Å². The molecule has 1 aliphatic heterocycles. The molecule has 24 heavy (non-hydrogen) atoms. The van der Waals surface area contributed by atoms with Crippen molar-refractivity contribution in [2.45, 2.75) is 12.5 Å². The lowest BCUT2D eigenvalue weighted by atomic mass is 9.99. The molecule has 1 aromatic carbocycles. The highest BCUT2D eigenvalue weighted by Crippen LogP contribution is 2.37. The first-order chi connectivity index (χ1) is 11.5. The number of carboxylic acid groups (broad SMARTS) is 1. The molecule has 124 valence electrons. The van der Waals surface area contributed by atoms with Gasteiger partial charge in [0, 0.05) is 22.4 Å². The first kappa shape index (κ1) is 16.8. The third-order valence-electron chi connectivity index (χ3n) is 3.59. The lowest BCUT2D eigenvalue weighted by Crippen LogP contribution is -2.39. The zero-order valence-electron chi connectivity index (χ0n) is 12.3. The number of nitrogens with one attached hydrogen (secondary N) is 1. The lowest BCUT2D eigenvalue weighted by Gasteiger charge is -2.18. The first-order valence-corrected chi connectivity index (χ1v) is 8.72. The molecule has 1 unspecified atom stereocenters. The van der Waals surface area contributed by atoms with E-state index in [2.05, 4.69) is 26.2 Å². The maximum absolute atomic E-state index is 13.1. The average Bonchev–Trinajstić information content (AvgIpc) is 2.97. The summed E-state index contributed by atoms with van der Waals surface area (Å²) in [7, 11) is 0. The van der Waals surface area contributed by atoms with Crippen LogP contribution in [0.3, 0.4) is 0 Å². The highest BCUT2D eigenvalue weighted by atomic mass is 79.9. The summed E-state index contributed by atoms with van der Waals surface area (Å²) in [6.45, 7) is -0.430. The van der Waals surface area contributed by atoms with Crippen molar-refractivity contribution in [3.05, 3.63) is 45.9 Å². The normalized spacial score (nSPS) is 16.2. The minimum absolute atomic E-state index is 0.300. The van der Waals surface area contributed by atoms with Crippen LogP contribution in [0.5, 0.6) is 0 Å². The summed E-state index contributed by atoms with van der Waals surface area (Å²) in [5, 5.41) is 12.9. The number of carbonyl (C=O) groups excluding carboxylic acids is 1. The second-order valence-corrected chi connectivity index (χ2v) is 6.92. The van der Waals surface area contributed by atoms with Crippen molar-refractivity contribution in [3.8, 4) is 11.1 Å². The Kier molecular flexibility index (Phi) is 4.77. The largest absolute Gasteiger partial charge is 0.480 e. The summed E-state index contributed by atoms with van der Waals surface area (Å²) in [4.78, 5) is 27.9. The fourth-order valence-corrected chi connectivity index (χ4v) is 4.39. The summed E-state index contributed by atoms with van der Waals surface area (Å²) in [6, 6.07) is 5.53. The number of aliphatic carboxylic acids is 1. The van der Waals surface area contributed by atoms with Gasteiger partial charge in [0.2, 0.25) is 5.91 Å². The minimum Gasteiger partial charge on any atom is -0.480 e. The van der Waals surface area contributed by atoms with Gasteiger partial charge in [-0.1, -0.05) is 12.1 Å². The standard InChI is InChI=1S/C16H12BrFN2O3S/c17-15-14-10(8-1-3-9(18)4-2-8)7-24-12(14)5-11(20-15)16(23)19-6-13(21)22/h1-4,7,11H,5-6H2,(H,19,23)(H,21,22). The first-order valence-electron chi connectivity index (χ1n) is 7.05. The van der Waals surface area contributed by atoms with Crippen LogP contribution in [0.25, 0.3) is 11.1 Å². The number of rotatable bonds is 4. The quantitative estimate of drug-likeness (QED) is 0.812. The molecule has 1 aliphatic rings. The van der Waals surface area contributed by atoms with Gasteiger partial charge in [-0.05, 0) is 39.0 Å². The molecule has 0 radical (unpaired) electrons. The van der Waals surface area contributed by atoms with Crippen LogP contribution in [0, 0.1) is 5.82 Å². The molecule has 2 N–H and O–H groups in total. The fraction of sp³-hybridized carbons (Fsp3) is 0.188. The zero-order chi connectivity index (χ0) is 17.3. The zero-order valence-corrected chi connectivity index (χ0v) is 14.7. The molecule has 0 spiro atoms. The smallest absolute Gasteiger partial charge is 0.322 e. The number of thiophene rings is 1. The van der Waals surface area contributed by atoms with Gasteiger partial charge in [0.1, 0.15) is 23.0 Å². The van der Waals surface area contributed by atoms with E-state index in [0.29, 0.717) is 11.0 Å². The molecule has 3 rings (SSSR count). The highest BCUT2D eigenvalue weighted by molar-refractivity contribution is 9.18. The number of hydrogen-bond donors (Lipinski definition) is 2. The SMILES string of the molecule is O=C(O)CNC(=O)C1Cc2scc(-c3ccc(F)cc3)c2C(Br)=N1. The number of halogens is 2. The van der Waals surface area contributed by atoms with Crippen molar-refractivity contribution < 1.29 is 19.1 Å². The number of nitrogens with zero attached hydrogens (tertiary/aromatic N) is 1. The number of amides is 1. The van der Waals surface area contributed by atoms with Gasteiger partial charge in [-0.2, -0.15) is 0 Å². The molecule has 0 saturated heterocycles. The van der Waals surface area contributed by atoms with Crippen molar-refractivity contribution in [1.29, 1.82) is 0 Å². The predicted octanol–water partition coefficient (Wildman–Crippen LogP) is 2.82. The summed E-state index contributed by atoms with van der Waals surface area (Å²) in [6.07, 6.45) is 0.405. The summed E-state index contributed by atoms with van der Waals surface area (Å²) in [5.41, 5.74) is 2.69. The number of hydrogen-bond acceptors (Lipinski definition) is 4. The van der Waals surface area contributed by atoms with Crippen LogP contribution >= 0.6 is 27.3 Å². The molecule has 5 nitrogen and oxygen atoms in total. The van der Waals surface area contributed by atoms with Crippen LogP contribution in [0.4, 0.5) is 4.39 Å². The van der Waals surface area contributed by atoms with Crippen LogP contribution in [0.1, 0.15) is 10.4 Å². The summed E-state index contributed by atoms with van der Waals surface area (Å²) >= 11 is 4.90. The van der Waals surface area contributed by atoms with Crippen molar-refractivity contribution in [3.63, 3.8) is 0 Å². The van der Waals surface area contributed by atoms with E-state index in [0.717, 1.165) is 21.6 Å². The number of carbonyl (C=O) groups is 2. The Hall–Kier alpha value is -2.06. The molecule has 0 bridgehead atoms. The Morgan fingerprint density at radius 2 is 2.08 bits per heavy atom. The Morgan fingerprint density at radius 1 is 1.38 bits per heavy atom. The van der Waals surface area contributed by atoms with E-state index in [1.807, 2.05) is 5.38 Å². The van der Waals surface area contributed by atoms with E-state index >= 15 is 0 Å². The maximum atomic E-state index is 13.1. The molecule has 8 heteroatoms. The van der Waals surface area contributed by atoms with Gasteiger partial charge >= 0.3 is 5.97 Å². The summed E-state index contributed by atoms with van der Waals surface area (Å²) < 4.78 is 13.6. The minimum atomic E-state index is -1.10. The van der Waals surface area contributed by atoms with E-state index in [9.17, 15) is 14.0 Å². The van der Waals surface area contributed by atoms with Crippen LogP contribution in [0.2, 0.25) is 0 Å². The topological polar surface area (TPSA) is 78.8 Å². The fourth-order valence-electron chi connectivity index (χ4n) is 2.47. The van der Waals surface area contributed by atoms with Gasteiger partial charge in [-0.15, -0.1) is 11.3 Å². The van der Waals surface area contributed by atoms with Gasteiger partial charge in [0.15, 0.2) is 0 Å². The third kappa shape index (κ3) is 3.39. The molecule has 0 fully saturated rings. The molecule has 2 heterocycles. The maximum Gasteiger partial charge on any atom is 0.322 e. The van der Waals surface area contributed by atoms with Crippen LogP contribution in [-0.4, -0.2) is 34.2 Å². The lowest BCUT2D eigenvalue weighted by molar-refractivity contribution is -0.138. The third-order valence-corrected chi connectivity index (χ3v) is 5.20. The molecule has 2 aromatic rings. The van der Waals surface area contributed by atoms with Crippen molar-refractivity contribution in [2.75, 3.05) is 6.54 Å². The molecule has 1 amide bonds. The van der Waals surface area contributed by atoms with E-state index in [1.165, 1.54) is 23.5 Å². The van der Waals surface area contributed by atoms with Crippen LogP contribution < -0.4 is 5.32 Å². The molecular weight excluding hydrogens is 399 g/mol. The summed E-state index contributed by atoms with van der Waals surface area (Å²) in [5.74, 6) is -1.82. The van der Waals surface area contributed by atoms with Crippen molar-refractivity contribution >= 4 is 43.8 Å². The Balaban J connectivity index is 1.86.